The van der Waals surface area contributed by atoms with E-state index in [0.29, 0.717) is 16.9 Å². The maximum Gasteiger partial charge on any atom is 0.0678 e. The summed E-state index contributed by atoms with van der Waals surface area (Å²) in [5.74, 6) is 4.98. The fourth-order valence-corrected chi connectivity index (χ4v) is 4.88. The van der Waals surface area contributed by atoms with Crippen LogP contribution in [0.15, 0.2) is 0 Å². The standard InChI is InChI=1S/C11H18OS2/c1-3-5-6-9(12)11-10(4-2)13-7-8-14-11/h1,9-12H,4-8H2,2H3. The molecular weight excluding hydrogens is 212 g/mol. The third kappa shape index (κ3) is 3.42. The summed E-state index contributed by atoms with van der Waals surface area (Å²) in [6.07, 6.45) is 7.58. The van der Waals surface area contributed by atoms with Gasteiger partial charge in [0.25, 0.3) is 0 Å². The van der Waals surface area contributed by atoms with Crippen molar-refractivity contribution in [3.63, 3.8) is 0 Å². The average Bonchev–Trinajstić information content (AvgIpc) is 2.25. The Balaban J connectivity index is 2.42. The van der Waals surface area contributed by atoms with Crippen LogP contribution in [-0.2, 0) is 0 Å². The van der Waals surface area contributed by atoms with Gasteiger partial charge in [0.1, 0.15) is 0 Å². The first kappa shape index (κ1) is 12.3. The number of aliphatic hydroxyl groups excluding tert-OH is 1. The molecule has 3 atom stereocenters. The Morgan fingerprint density at radius 2 is 2.21 bits per heavy atom. The molecule has 0 aromatic carbocycles. The van der Waals surface area contributed by atoms with Gasteiger partial charge in [-0.05, 0) is 12.8 Å². The fourth-order valence-electron chi connectivity index (χ4n) is 1.69. The van der Waals surface area contributed by atoms with Crippen molar-refractivity contribution in [1.29, 1.82) is 0 Å². The lowest BCUT2D eigenvalue weighted by Crippen LogP contribution is -2.35. The lowest BCUT2D eigenvalue weighted by atomic mass is 10.1. The molecule has 1 aliphatic heterocycles. The molecule has 80 valence electrons. The number of hydrogen-bond acceptors (Lipinski definition) is 3. The van der Waals surface area contributed by atoms with E-state index >= 15 is 0 Å². The summed E-state index contributed by atoms with van der Waals surface area (Å²) in [5.41, 5.74) is 0. The van der Waals surface area contributed by atoms with Gasteiger partial charge in [0, 0.05) is 28.4 Å². The van der Waals surface area contributed by atoms with Crippen molar-refractivity contribution >= 4 is 23.5 Å². The quantitative estimate of drug-likeness (QED) is 0.749. The number of hydrogen-bond donors (Lipinski definition) is 1. The lowest BCUT2D eigenvalue weighted by molar-refractivity contribution is 0.161. The van der Waals surface area contributed by atoms with E-state index in [-0.39, 0.29) is 6.10 Å². The summed E-state index contributed by atoms with van der Waals surface area (Å²) in [6, 6.07) is 0. The Morgan fingerprint density at radius 1 is 1.50 bits per heavy atom. The second kappa shape index (κ2) is 6.66. The Bertz CT molecular complexity index is 200. The van der Waals surface area contributed by atoms with E-state index in [0.717, 1.165) is 12.8 Å². The molecule has 0 saturated carbocycles. The highest BCUT2D eigenvalue weighted by Crippen LogP contribution is 2.36. The third-order valence-electron chi connectivity index (χ3n) is 2.46. The molecule has 1 N–H and O–H groups in total. The van der Waals surface area contributed by atoms with E-state index in [9.17, 15) is 5.11 Å². The maximum atomic E-state index is 9.98. The third-order valence-corrected chi connectivity index (χ3v) is 5.85. The molecule has 1 fully saturated rings. The molecule has 0 amide bonds. The highest BCUT2D eigenvalue weighted by atomic mass is 32.2. The molecule has 0 aromatic rings. The van der Waals surface area contributed by atoms with Crippen molar-refractivity contribution in [2.24, 2.45) is 0 Å². The van der Waals surface area contributed by atoms with Gasteiger partial charge in [0.2, 0.25) is 0 Å². The van der Waals surface area contributed by atoms with Crippen LogP contribution < -0.4 is 0 Å². The van der Waals surface area contributed by atoms with Gasteiger partial charge in [0.15, 0.2) is 0 Å². The van der Waals surface area contributed by atoms with Crippen LogP contribution in [0, 0.1) is 12.3 Å². The first-order valence-corrected chi connectivity index (χ1v) is 7.24. The van der Waals surface area contributed by atoms with Crippen molar-refractivity contribution < 1.29 is 5.11 Å². The zero-order valence-electron chi connectivity index (χ0n) is 8.61. The summed E-state index contributed by atoms with van der Waals surface area (Å²) in [4.78, 5) is 0. The minimum Gasteiger partial charge on any atom is -0.392 e. The van der Waals surface area contributed by atoms with Crippen molar-refractivity contribution in [3.05, 3.63) is 0 Å². The van der Waals surface area contributed by atoms with Crippen molar-refractivity contribution in [3.8, 4) is 12.3 Å². The molecular formula is C11H18OS2. The second-order valence-corrected chi connectivity index (χ2v) is 6.10. The normalized spacial score (nSPS) is 29.5. The van der Waals surface area contributed by atoms with Crippen LogP contribution in [0.2, 0.25) is 0 Å². The molecule has 1 heterocycles. The van der Waals surface area contributed by atoms with Crippen molar-refractivity contribution in [1.82, 2.24) is 0 Å². The van der Waals surface area contributed by atoms with Gasteiger partial charge in [-0.15, -0.1) is 12.3 Å². The SMILES string of the molecule is C#CCCC(O)C1SCCSC1CC. The van der Waals surface area contributed by atoms with Gasteiger partial charge < -0.3 is 5.11 Å². The minimum atomic E-state index is -0.214. The van der Waals surface area contributed by atoms with E-state index in [1.165, 1.54) is 11.5 Å². The van der Waals surface area contributed by atoms with Crippen LogP contribution in [0.5, 0.6) is 0 Å². The molecule has 0 aliphatic carbocycles. The van der Waals surface area contributed by atoms with Crippen molar-refractivity contribution in [2.45, 2.75) is 42.8 Å². The maximum absolute atomic E-state index is 9.98. The predicted molar refractivity (Wildman–Crippen MR) is 66.9 cm³/mol. The number of thioether (sulfide) groups is 2. The summed E-state index contributed by atoms with van der Waals surface area (Å²) in [5, 5.41) is 11.0. The van der Waals surface area contributed by atoms with Crippen molar-refractivity contribution in [2.75, 3.05) is 11.5 Å². The second-order valence-electron chi connectivity index (χ2n) is 3.46. The fraction of sp³-hybridized carbons (Fsp3) is 0.818. The van der Waals surface area contributed by atoms with Gasteiger partial charge in [-0.1, -0.05) is 6.92 Å². The van der Waals surface area contributed by atoms with Gasteiger partial charge in [-0.25, -0.2) is 0 Å². The average molecular weight is 230 g/mol. The smallest absolute Gasteiger partial charge is 0.0678 e. The molecule has 0 bridgehead atoms. The molecule has 0 aromatic heterocycles. The summed E-state index contributed by atoms with van der Waals surface area (Å²) in [7, 11) is 0. The predicted octanol–water partition coefficient (Wildman–Crippen LogP) is 2.39. The van der Waals surface area contributed by atoms with Crippen LogP contribution in [0.1, 0.15) is 26.2 Å². The molecule has 1 rings (SSSR count). The van der Waals surface area contributed by atoms with E-state index in [1.54, 1.807) is 0 Å². The number of terminal acetylenes is 1. The van der Waals surface area contributed by atoms with Crippen LogP contribution in [0.4, 0.5) is 0 Å². The largest absolute Gasteiger partial charge is 0.392 e. The zero-order valence-corrected chi connectivity index (χ0v) is 10.2. The monoisotopic (exact) mass is 230 g/mol. The molecule has 0 radical (unpaired) electrons. The van der Waals surface area contributed by atoms with Crippen LogP contribution in [0.25, 0.3) is 0 Å². The highest BCUT2D eigenvalue weighted by molar-refractivity contribution is 8.07. The summed E-state index contributed by atoms with van der Waals surface area (Å²) >= 11 is 3.92. The lowest BCUT2D eigenvalue weighted by Gasteiger charge is -2.33. The molecule has 1 aliphatic rings. The zero-order chi connectivity index (χ0) is 10.4. The molecule has 14 heavy (non-hydrogen) atoms. The highest BCUT2D eigenvalue weighted by Gasteiger charge is 2.30. The minimum absolute atomic E-state index is 0.214. The first-order valence-electron chi connectivity index (χ1n) is 5.14. The summed E-state index contributed by atoms with van der Waals surface area (Å²) < 4.78 is 0. The Hall–Kier alpha value is 0.220. The van der Waals surface area contributed by atoms with Gasteiger partial charge in [-0.3, -0.25) is 0 Å². The molecule has 1 nitrogen and oxygen atoms in total. The van der Waals surface area contributed by atoms with Gasteiger partial charge in [-0.2, -0.15) is 23.5 Å². The van der Waals surface area contributed by atoms with Gasteiger partial charge in [0.05, 0.1) is 6.10 Å². The van der Waals surface area contributed by atoms with Crippen LogP contribution in [-0.4, -0.2) is 33.2 Å². The van der Waals surface area contributed by atoms with E-state index in [1.807, 2.05) is 23.5 Å². The Labute approximate surface area is 95.4 Å². The molecule has 1 saturated heterocycles. The van der Waals surface area contributed by atoms with E-state index in [4.69, 9.17) is 6.42 Å². The van der Waals surface area contributed by atoms with Crippen LogP contribution >= 0.6 is 23.5 Å². The first-order chi connectivity index (χ1) is 6.79. The van der Waals surface area contributed by atoms with E-state index in [2.05, 4.69) is 12.8 Å². The Kier molecular flexibility index (Phi) is 5.84. The van der Waals surface area contributed by atoms with Crippen LogP contribution in [0.3, 0.4) is 0 Å². The number of aliphatic hydroxyl groups is 1. The topological polar surface area (TPSA) is 20.2 Å². The molecule has 3 heteroatoms. The van der Waals surface area contributed by atoms with E-state index < -0.39 is 0 Å². The number of rotatable bonds is 4. The molecule has 3 unspecified atom stereocenters. The summed E-state index contributed by atoms with van der Waals surface area (Å²) in [6.45, 7) is 2.20. The molecule has 0 spiro atoms. The van der Waals surface area contributed by atoms with Gasteiger partial charge >= 0.3 is 0 Å². The Morgan fingerprint density at radius 3 is 2.86 bits per heavy atom.